The quantitative estimate of drug-likeness (QED) is 0.416. The van der Waals surface area contributed by atoms with E-state index >= 15 is 0 Å². The fourth-order valence-corrected chi connectivity index (χ4v) is 1.70. The first-order valence-electron chi connectivity index (χ1n) is 6.25. The van der Waals surface area contributed by atoms with E-state index in [2.05, 4.69) is 12.2 Å². The highest BCUT2D eigenvalue weighted by molar-refractivity contribution is 6.68. The Morgan fingerprint density at radius 1 is 1.28 bits per heavy atom. The fourth-order valence-electron chi connectivity index (χ4n) is 1.35. The third kappa shape index (κ3) is 9.26. The van der Waals surface area contributed by atoms with Gasteiger partial charge in [0, 0.05) is 13.0 Å². The molecule has 108 valence electrons. The number of ether oxygens (including phenoxy) is 1. The Balaban J connectivity index is 4.20. The molecule has 0 bridgehead atoms. The summed E-state index contributed by atoms with van der Waals surface area (Å²) in [5, 5.41) is 2.61. The van der Waals surface area contributed by atoms with E-state index in [1.165, 1.54) is 0 Å². The molecule has 0 rings (SSSR count). The average Bonchev–Trinajstić information content (AvgIpc) is 2.20. The molecule has 0 radical (unpaired) electrons. The molecule has 0 fully saturated rings. The van der Waals surface area contributed by atoms with Crippen LogP contribution in [0.4, 0.5) is 0 Å². The molecule has 0 aliphatic heterocycles. The minimum Gasteiger partial charge on any atom is -0.354 e. The summed E-state index contributed by atoms with van der Waals surface area (Å²) in [6, 6.07) is 0. The standard InChI is InChI=1S/C12H22Cl3NO2/c1-4-5-6-7-18-11(12(13,14)15)16-10(17)8-9(2)3/h9,11H,4-8H2,1-3H3,(H,16,17)/t11-/m0/s1. The maximum atomic E-state index is 11.6. The SMILES string of the molecule is CCCCCO[C@H](NC(=O)CC(C)C)C(Cl)(Cl)Cl. The maximum absolute atomic E-state index is 11.6. The van der Waals surface area contributed by atoms with E-state index in [-0.39, 0.29) is 11.8 Å². The largest absolute Gasteiger partial charge is 0.354 e. The van der Waals surface area contributed by atoms with Gasteiger partial charge in [0.15, 0.2) is 6.23 Å². The molecule has 0 aromatic rings. The Kier molecular flexibility index (Phi) is 9.40. The molecule has 0 unspecified atom stereocenters. The molecular formula is C12H22Cl3NO2. The molecule has 0 aliphatic rings. The van der Waals surface area contributed by atoms with Gasteiger partial charge in [0.1, 0.15) is 0 Å². The molecule has 0 aromatic heterocycles. The van der Waals surface area contributed by atoms with Gasteiger partial charge >= 0.3 is 0 Å². The lowest BCUT2D eigenvalue weighted by Gasteiger charge is -2.26. The van der Waals surface area contributed by atoms with Crippen LogP contribution < -0.4 is 5.32 Å². The third-order valence-electron chi connectivity index (χ3n) is 2.22. The van der Waals surface area contributed by atoms with E-state index in [0.29, 0.717) is 13.0 Å². The van der Waals surface area contributed by atoms with Crippen LogP contribution in [0.25, 0.3) is 0 Å². The Bertz CT molecular complexity index is 242. The lowest BCUT2D eigenvalue weighted by atomic mass is 10.1. The number of unbranched alkanes of at least 4 members (excludes halogenated alkanes) is 2. The molecule has 6 heteroatoms. The number of nitrogens with one attached hydrogen (secondary N) is 1. The zero-order valence-corrected chi connectivity index (χ0v) is 13.4. The van der Waals surface area contributed by atoms with Crippen molar-refractivity contribution in [3.8, 4) is 0 Å². The molecule has 18 heavy (non-hydrogen) atoms. The van der Waals surface area contributed by atoms with Crippen molar-refractivity contribution in [1.29, 1.82) is 0 Å². The second-order valence-corrected chi connectivity index (χ2v) is 7.03. The first kappa shape index (κ1) is 18.3. The van der Waals surface area contributed by atoms with Crippen LogP contribution in [0.15, 0.2) is 0 Å². The van der Waals surface area contributed by atoms with Crippen molar-refractivity contribution >= 4 is 40.7 Å². The highest BCUT2D eigenvalue weighted by atomic mass is 35.6. The van der Waals surface area contributed by atoms with E-state index in [0.717, 1.165) is 19.3 Å². The summed E-state index contributed by atoms with van der Waals surface area (Å²) in [5.41, 5.74) is 0. The minimum atomic E-state index is -1.65. The molecule has 0 aromatic carbocycles. The number of carbonyl (C=O) groups is 1. The Labute approximate surface area is 124 Å². The molecular weight excluding hydrogens is 296 g/mol. The lowest BCUT2D eigenvalue weighted by molar-refractivity contribution is -0.126. The average molecular weight is 319 g/mol. The minimum absolute atomic E-state index is 0.170. The lowest BCUT2D eigenvalue weighted by Crippen LogP contribution is -2.46. The summed E-state index contributed by atoms with van der Waals surface area (Å²) in [4.78, 5) is 11.6. The molecule has 0 heterocycles. The van der Waals surface area contributed by atoms with Gasteiger partial charge in [-0.05, 0) is 12.3 Å². The zero-order valence-electron chi connectivity index (χ0n) is 11.1. The van der Waals surface area contributed by atoms with E-state index in [1.54, 1.807) is 0 Å². The summed E-state index contributed by atoms with van der Waals surface area (Å²) in [5.74, 6) is 0.0814. The highest BCUT2D eigenvalue weighted by Gasteiger charge is 2.34. The molecule has 0 saturated heterocycles. The van der Waals surface area contributed by atoms with Crippen LogP contribution in [0.2, 0.25) is 0 Å². The number of amides is 1. The number of hydrogen-bond acceptors (Lipinski definition) is 2. The van der Waals surface area contributed by atoms with Crippen LogP contribution in [0.1, 0.15) is 46.5 Å². The van der Waals surface area contributed by atoms with E-state index in [4.69, 9.17) is 39.5 Å². The fraction of sp³-hybridized carbons (Fsp3) is 0.917. The van der Waals surface area contributed by atoms with Gasteiger partial charge in [-0.15, -0.1) is 0 Å². The monoisotopic (exact) mass is 317 g/mol. The van der Waals surface area contributed by atoms with Crippen LogP contribution in [-0.4, -0.2) is 22.5 Å². The van der Waals surface area contributed by atoms with Gasteiger partial charge in [-0.3, -0.25) is 4.79 Å². The predicted octanol–water partition coefficient (Wildman–Crippen LogP) is 4.05. The number of halogens is 3. The van der Waals surface area contributed by atoms with Crippen molar-refractivity contribution in [2.75, 3.05) is 6.61 Å². The van der Waals surface area contributed by atoms with Gasteiger partial charge in [0.05, 0.1) is 0 Å². The highest BCUT2D eigenvalue weighted by Crippen LogP contribution is 2.31. The van der Waals surface area contributed by atoms with Crippen molar-refractivity contribution in [1.82, 2.24) is 5.32 Å². The second kappa shape index (κ2) is 9.24. The molecule has 0 spiro atoms. The Morgan fingerprint density at radius 2 is 1.89 bits per heavy atom. The van der Waals surface area contributed by atoms with Gasteiger partial charge in [0.2, 0.25) is 9.70 Å². The first-order valence-corrected chi connectivity index (χ1v) is 7.38. The number of alkyl halides is 3. The van der Waals surface area contributed by atoms with Crippen LogP contribution in [0.3, 0.4) is 0 Å². The third-order valence-corrected chi connectivity index (χ3v) is 2.81. The number of rotatable bonds is 8. The molecule has 1 atom stereocenters. The summed E-state index contributed by atoms with van der Waals surface area (Å²) in [6.07, 6.45) is 2.50. The van der Waals surface area contributed by atoms with Gasteiger partial charge in [-0.1, -0.05) is 68.4 Å². The molecule has 1 amide bonds. The topological polar surface area (TPSA) is 38.3 Å². The van der Waals surface area contributed by atoms with Crippen LogP contribution in [0.5, 0.6) is 0 Å². The number of hydrogen-bond donors (Lipinski definition) is 1. The van der Waals surface area contributed by atoms with Crippen LogP contribution in [-0.2, 0) is 9.53 Å². The van der Waals surface area contributed by atoms with Gasteiger partial charge in [-0.25, -0.2) is 0 Å². The first-order chi connectivity index (χ1) is 8.27. The van der Waals surface area contributed by atoms with Crippen LogP contribution in [0, 0.1) is 5.92 Å². The van der Waals surface area contributed by atoms with E-state index < -0.39 is 10.0 Å². The van der Waals surface area contributed by atoms with Crippen LogP contribution >= 0.6 is 34.8 Å². The smallest absolute Gasteiger partial charge is 0.234 e. The summed E-state index contributed by atoms with van der Waals surface area (Å²) in [7, 11) is 0. The van der Waals surface area contributed by atoms with Crippen molar-refractivity contribution in [3.05, 3.63) is 0 Å². The summed E-state index contributed by atoms with van der Waals surface area (Å²) < 4.78 is 3.78. The van der Waals surface area contributed by atoms with E-state index in [9.17, 15) is 4.79 Å². The van der Waals surface area contributed by atoms with Crippen molar-refractivity contribution in [2.24, 2.45) is 5.92 Å². The summed E-state index contributed by atoms with van der Waals surface area (Å²) in [6.45, 7) is 6.46. The molecule has 0 saturated carbocycles. The van der Waals surface area contributed by atoms with Gasteiger partial charge in [0.25, 0.3) is 0 Å². The Hall–Kier alpha value is 0.300. The number of carbonyl (C=O) groups excluding carboxylic acids is 1. The maximum Gasteiger partial charge on any atom is 0.234 e. The zero-order chi connectivity index (χ0) is 14.2. The van der Waals surface area contributed by atoms with Crippen molar-refractivity contribution in [2.45, 2.75) is 56.5 Å². The van der Waals surface area contributed by atoms with Crippen molar-refractivity contribution in [3.63, 3.8) is 0 Å². The normalized spacial score (nSPS) is 13.7. The molecule has 3 nitrogen and oxygen atoms in total. The Morgan fingerprint density at radius 3 is 2.33 bits per heavy atom. The second-order valence-electron chi connectivity index (χ2n) is 4.67. The molecule has 1 N–H and O–H groups in total. The van der Waals surface area contributed by atoms with Crippen molar-refractivity contribution < 1.29 is 9.53 Å². The molecule has 0 aliphatic carbocycles. The van der Waals surface area contributed by atoms with E-state index in [1.807, 2.05) is 13.8 Å². The van der Waals surface area contributed by atoms with Gasteiger partial charge in [-0.2, -0.15) is 0 Å². The van der Waals surface area contributed by atoms with Gasteiger partial charge < -0.3 is 10.1 Å². The predicted molar refractivity (Wildman–Crippen MR) is 77.2 cm³/mol. The summed E-state index contributed by atoms with van der Waals surface area (Å²) >= 11 is 17.4.